The number of carbonyl (C=O) groups is 1. The highest BCUT2D eigenvalue weighted by Crippen LogP contribution is 2.21. The minimum absolute atomic E-state index is 0.0570. The number of rotatable bonds is 8. The molecule has 0 aliphatic carbocycles. The number of carbonyl (C=O) groups excluding carboxylic acids is 1. The zero-order valence-corrected chi connectivity index (χ0v) is 10.6. The average Bonchev–Trinajstić information content (AvgIpc) is 2.80. The third-order valence-electron chi connectivity index (χ3n) is 3.05. The first kappa shape index (κ1) is 14.4. The molecule has 0 radical (unpaired) electrons. The van der Waals surface area contributed by atoms with E-state index in [0.717, 1.165) is 32.2 Å². The van der Waals surface area contributed by atoms with Gasteiger partial charge in [-0.3, -0.25) is 4.79 Å². The van der Waals surface area contributed by atoms with Gasteiger partial charge in [-0.1, -0.05) is 0 Å². The summed E-state index contributed by atoms with van der Waals surface area (Å²) in [5.41, 5.74) is 0. The Kier molecular flexibility index (Phi) is 7.16. The van der Waals surface area contributed by atoms with Gasteiger partial charge < -0.3 is 19.5 Å². The van der Waals surface area contributed by atoms with Crippen LogP contribution in [0, 0.1) is 0 Å². The Morgan fingerprint density at radius 1 is 1.47 bits per heavy atom. The van der Waals surface area contributed by atoms with Gasteiger partial charge in [-0.05, 0) is 25.7 Å². The molecule has 1 amide bonds. The van der Waals surface area contributed by atoms with Crippen molar-refractivity contribution in [1.82, 2.24) is 4.90 Å². The maximum Gasteiger partial charge on any atom is 0.248 e. The molecule has 0 aromatic heterocycles. The molecular formula is C12H23NO4. The maximum absolute atomic E-state index is 11.9. The summed E-state index contributed by atoms with van der Waals surface area (Å²) in [7, 11) is 1.61. The van der Waals surface area contributed by atoms with Crippen LogP contribution >= 0.6 is 0 Å². The normalized spacial score (nSPS) is 19.9. The molecule has 100 valence electrons. The molecule has 1 unspecified atom stereocenters. The van der Waals surface area contributed by atoms with Gasteiger partial charge in [-0.25, -0.2) is 0 Å². The zero-order valence-electron chi connectivity index (χ0n) is 10.6. The first-order chi connectivity index (χ1) is 8.29. The quantitative estimate of drug-likeness (QED) is 0.629. The predicted molar refractivity (Wildman–Crippen MR) is 63.7 cm³/mol. The number of likely N-dealkylation sites (tertiary alicyclic amines) is 1. The van der Waals surface area contributed by atoms with E-state index in [0.29, 0.717) is 19.3 Å². The number of nitrogens with zero attached hydrogens (tertiary/aromatic N) is 1. The molecule has 1 saturated heterocycles. The Bertz CT molecular complexity index is 223. The predicted octanol–water partition coefficient (Wildman–Crippen LogP) is 0.413. The Morgan fingerprint density at radius 3 is 3.00 bits per heavy atom. The molecule has 1 aliphatic rings. The lowest BCUT2D eigenvalue weighted by atomic mass is 10.1. The minimum atomic E-state index is 0.0570. The molecule has 0 spiro atoms. The summed E-state index contributed by atoms with van der Waals surface area (Å²) in [6.07, 6.45) is 3.75. The second kappa shape index (κ2) is 8.44. The largest absolute Gasteiger partial charge is 0.396 e. The average molecular weight is 245 g/mol. The molecule has 0 bridgehead atoms. The summed E-state index contributed by atoms with van der Waals surface area (Å²) in [6.45, 7) is 2.13. The van der Waals surface area contributed by atoms with E-state index in [1.165, 1.54) is 0 Å². The van der Waals surface area contributed by atoms with Gasteiger partial charge in [-0.15, -0.1) is 0 Å². The van der Waals surface area contributed by atoms with Gasteiger partial charge in [-0.2, -0.15) is 0 Å². The molecule has 1 heterocycles. The molecule has 1 N–H and O–H groups in total. The van der Waals surface area contributed by atoms with Gasteiger partial charge in [0.25, 0.3) is 0 Å². The number of hydrogen-bond donors (Lipinski definition) is 1. The number of methoxy groups -OCH3 is 1. The molecule has 17 heavy (non-hydrogen) atoms. The molecule has 1 aliphatic heterocycles. The molecule has 0 aromatic rings. The fourth-order valence-corrected chi connectivity index (χ4v) is 2.18. The fraction of sp³-hybridized carbons (Fsp3) is 0.917. The highest BCUT2D eigenvalue weighted by Gasteiger charge is 2.27. The smallest absolute Gasteiger partial charge is 0.248 e. The highest BCUT2D eigenvalue weighted by molar-refractivity contribution is 5.78. The van der Waals surface area contributed by atoms with Gasteiger partial charge >= 0.3 is 0 Å². The van der Waals surface area contributed by atoms with Crippen molar-refractivity contribution in [2.24, 2.45) is 0 Å². The Balaban J connectivity index is 2.24. The van der Waals surface area contributed by atoms with E-state index in [2.05, 4.69) is 0 Å². The lowest BCUT2D eigenvalue weighted by molar-refractivity contribution is -0.137. The summed E-state index contributed by atoms with van der Waals surface area (Å²) in [5.74, 6) is 0.0570. The van der Waals surface area contributed by atoms with Crippen LogP contribution in [0.25, 0.3) is 0 Å². The van der Waals surface area contributed by atoms with Crippen molar-refractivity contribution in [3.63, 3.8) is 0 Å². The monoisotopic (exact) mass is 245 g/mol. The molecule has 5 heteroatoms. The van der Waals surface area contributed by atoms with Crippen LogP contribution in [0.4, 0.5) is 0 Å². The Morgan fingerprint density at radius 2 is 2.29 bits per heavy atom. The van der Waals surface area contributed by atoms with Gasteiger partial charge in [0.1, 0.15) is 6.61 Å². The van der Waals surface area contributed by atoms with Gasteiger partial charge in [0.05, 0.1) is 13.2 Å². The van der Waals surface area contributed by atoms with Crippen molar-refractivity contribution in [1.29, 1.82) is 0 Å². The lowest BCUT2D eigenvalue weighted by Crippen LogP contribution is -2.38. The van der Waals surface area contributed by atoms with E-state index in [9.17, 15) is 4.79 Å². The van der Waals surface area contributed by atoms with E-state index in [-0.39, 0.29) is 19.1 Å². The fourth-order valence-electron chi connectivity index (χ4n) is 2.18. The van der Waals surface area contributed by atoms with Crippen LogP contribution in [0.3, 0.4) is 0 Å². The molecule has 0 saturated carbocycles. The van der Waals surface area contributed by atoms with Crippen LogP contribution in [0.15, 0.2) is 0 Å². The Labute approximate surface area is 103 Å². The zero-order chi connectivity index (χ0) is 12.5. The number of aliphatic hydroxyl groups is 1. The standard InChI is InChI=1S/C12H23NO4/c1-16-8-9-17-10-12(15)13-6-2-4-11(13)5-3-7-14/h11,14H,2-10H2,1H3. The second-order valence-corrected chi connectivity index (χ2v) is 4.29. The second-order valence-electron chi connectivity index (χ2n) is 4.29. The van der Waals surface area contributed by atoms with E-state index in [1.54, 1.807) is 7.11 Å². The van der Waals surface area contributed by atoms with Crippen molar-refractivity contribution in [3.05, 3.63) is 0 Å². The minimum Gasteiger partial charge on any atom is -0.396 e. The number of aliphatic hydroxyl groups excluding tert-OH is 1. The highest BCUT2D eigenvalue weighted by atomic mass is 16.5. The third kappa shape index (κ3) is 5.02. The van der Waals surface area contributed by atoms with Crippen LogP contribution < -0.4 is 0 Å². The summed E-state index contributed by atoms with van der Waals surface area (Å²) in [4.78, 5) is 13.8. The van der Waals surface area contributed by atoms with Crippen molar-refractivity contribution in [3.8, 4) is 0 Å². The topological polar surface area (TPSA) is 59.0 Å². The van der Waals surface area contributed by atoms with E-state index < -0.39 is 0 Å². The molecule has 0 aromatic carbocycles. The number of ether oxygens (including phenoxy) is 2. The molecule has 1 fully saturated rings. The van der Waals surface area contributed by atoms with Crippen LogP contribution in [0.2, 0.25) is 0 Å². The molecule has 1 atom stereocenters. The van der Waals surface area contributed by atoms with Gasteiger partial charge in [0.15, 0.2) is 0 Å². The maximum atomic E-state index is 11.9. The van der Waals surface area contributed by atoms with Crippen LogP contribution in [0.5, 0.6) is 0 Å². The summed E-state index contributed by atoms with van der Waals surface area (Å²) >= 11 is 0. The summed E-state index contributed by atoms with van der Waals surface area (Å²) < 4.78 is 10.1. The Hall–Kier alpha value is -0.650. The van der Waals surface area contributed by atoms with E-state index in [4.69, 9.17) is 14.6 Å². The van der Waals surface area contributed by atoms with Crippen LogP contribution in [-0.4, -0.2) is 62.0 Å². The van der Waals surface area contributed by atoms with Crippen molar-refractivity contribution < 1.29 is 19.4 Å². The first-order valence-electron chi connectivity index (χ1n) is 6.26. The number of amides is 1. The summed E-state index contributed by atoms with van der Waals surface area (Å²) in [5, 5.41) is 8.81. The molecule has 1 rings (SSSR count). The van der Waals surface area contributed by atoms with Crippen molar-refractivity contribution >= 4 is 5.91 Å². The van der Waals surface area contributed by atoms with Gasteiger partial charge in [0.2, 0.25) is 5.91 Å². The lowest BCUT2D eigenvalue weighted by Gasteiger charge is -2.24. The van der Waals surface area contributed by atoms with Crippen LogP contribution in [0.1, 0.15) is 25.7 Å². The van der Waals surface area contributed by atoms with Crippen LogP contribution in [-0.2, 0) is 14.3 Å². The molecular weight excluding hydrogens is 222 g/mol. The van der Waals surface area contributed by atoms with Crippen molar-refractivity contribution in [2.45, 2.75) is 31.7 Å². The van der Waals surface area contributed by atoms with Crippen molar-refractivity contribution in [2.75, 3.05) is 40.1 Å². The molecule has 5 nitrogen and oxygen atoms in total. The number of hydrogen-bond acceptors (Lipinski definition) is 4. The third-order valence-corrected chi connectivity index (χ3v) is 3.05. The summed E-state index contributed by atoms with van der Waals surface area (Å²) in [6, 6.07) is 0.292. The van der Waals surface area contributed by atoms with E-state index in [1.807, 2.05) is 4.90 Å². The van der Waals surface area contributed by atoms with Gasteiger partial charge in [0, 0.05) is 26.3 Å². The SMILES string of the molecule is COCCOCC(=O)N1CCCC1CCCO. The first-order valence-corrected chi connectivity index (χ1v) is 6.26. The van der Waals surface area contributed by atoms with E-state index >= 15 is 0 Å².